The van der Waals surface area contributed by atoms with Crippen molar-refractivity contribution in [2.24, 2.45) is 0 Å². The van der Waals surface area contributed by atoms with E-state index in [9.17, 15) is 9.59 Å². The highest BCUT2D eigenvalue weighted by Crippen LogP contribution is 2.29. The molecule has 166 valence electrons. The number of rotatable bonds is 7. The number of hydrogen-bond acceptors (Lipinski definition) is 5. The molecule has 0 radical (unpaired) electrons. The molecule has 0 aliphatic rings. The Labute approximate surface area is 200 Å². The van der Waals surface area contributed by atoms with Crippen LogP contribution in [-0.4, -0.2) is 26.6 Å². The standard InChI is InChI=1S/C24H20ClN5O2S/c1-17(31)30(21-5-3-2-4-6-21)24-27-20(16-33-24)11-12-23(32)28-22-13-14-26-29(22)15-18-7-9-19(25)10-8-18/h2-14,16H,15H2,1H3,(H,28,32)/b12-11+. The second-order valence-corrected chi connectivity index (χ2v) is 8.34. The van der Waals surface area contributed by atoms with Gasteiger partial charge in [0.15, 0.2) is 5.13 Å². The topological polar surface area (TPSA) is 80.1 Å². The Balaban J connectivity index is 1.42. The van der Waals surface area contributed by atoms with Crippen LogP contribution in [0.5, 0.6) is 0 Å². The van der Waals surface area contributed by atoms with Crippen molar-refractivity contribution in [2.75, 3.05) is 10.2 Å². The molecule has 2 amide bonds. The van der Waals surface area contributed by atoms with Gasteiger partial charge in [-0.2, -0.15) is 5.10 Å². The first-order valence-electron chi connectivity index (χ1n) is 10.1. The van der Waals surface area contributed by atoms with E-state index in [1.807, 2.05) is 54.6 Å². The molecule has 4 aromatic rings. The van der Waals surface area contributed by atoms with Crippen LogP contribution in [0.2, 0.25) is 5.02 Å². The fraction of sp³-hybridized carbons (Fsp3) is 0.0833. The van der Waals surface area contributed by atoms with Crippen molar-refractivity contribution >= 4 is 57.5 Å². The highest BCUT2D eigenvalue weighted by atomic mass is 35.5. The summed E-state index contributed by atoms with van der Waals surface area (Å²) in [5, 5.41) is 10.1. The van der Waals surface area contributed by atoms with Gasteiger partial charge in [0, 0.05) is 29.5 Å². The van der Waals surface area contributed by atoms with E-state index in [1.54, 1.807) is 28.4 Å². The zero-order valence-electron chi connectivity index (χ0n) is 17.7. The number of benzene rings is 2. The lowest BCUT2D eigenvalue weighted by molar-refractivity contribution is -0.116. The van der Waals surface area contributed by atoms with Crippen molar-refractivity contribution in [1.82, 2.24) is 14.8 Å². The third-order valence-electron chi connectivity index (χ3n) is 4.65. The van der Waals surface area contributed by atoms with Crippen molar-refractivity contribution in [2.45, 2.75) is 13.5 Å². The number of anilines is 3. The molecule has 9 heteroatoms. The van der Waals surface area contributed by atoms with E-state index in [0.717, 1.165) is 11.3 Å². The van der Waals surface area contributed by atoms with Crippen LogP contribution in [0.25, 0.3) is 6.08 Å². The molecule has 0 aliphatic heterocycles. The molecule has 0 atom stereocenters. The van der Waals surface area contributed by atoms with Gasteiger partial charge in [-0.1, -0.05) is 41.9 Å². The lowest BCUT2D eigenvalue weighted by Crippen LogP contribution is -2.22. The number of aromatic nitrogens is 3. The minimum Gasteiger partial charge on any atom is -0.307 e. The number of hydrogen-bond donors (Lipinski definition) is 1. The monoisotopic (exact) mass is 477 g/mol. The van der Waals surface area contributed by atoms with Crippen LogP contribution >= 0.6 is 22.9 Å². The first kappa shape index (κ1) is 22.4. The van der Waals surface area contributed by atoms with Gasteiger partial charge in [-0.3, -0.25) is 14.5 Å². The molecule has 1 N–H and O–H groups in total. The van der Waals surface area contributed by atoms with Crippen LogP contribution < -0.4 is 10.2 Å². The molecule has 4 rings (SSSR count). The molecule has 33 heavy (non-hydrogen) atoms. The largest absolute Gasteiger partial charge is 0.307 e. The Bertz CT molecular complexity index is 1280. The number of amides is 2. The van der Waals surface area contributed by atoms with Gasteiger partial charge in [-0.15, -0.1) is 11.3 Å². The Hall–Kier alpha value is -3.75. The van der Waals surface area contributed by atoms with E-state index in [0.29, 0.717) is 28.2 Å². The Morgan fingerprint density at radius 1 is 1.12 bits per heavy atom. The zero-order chi connectivity index (χ0) is 23.2. The third-order valence-corrected chi connectivity index (χ3v) is 5.75. The SMILES string of the molecule is CC(=O)N(c1ccccc1)c1nc(/C=C/C(=O)Nc2ccnn2Cc2ccc(Cl)cc2)cs1. The summed E-state index contributed by atoms with van der Waals surface area (Å²) < 4.78 is 1.69. The summed E-state index contributed by atoms with van der Waals surface area (Å²) >= 11 is 7.26. The van der Waals surface area contributed by atoms with Gasteiger partial charge in [-0.05, 0) is 35.9 Å². The minimum atomic E-state index is -0.311. The number of thiazole rings is 1. The van der Waals surface area contributed by atoms with Gasteiger partial charge in [0.25, 0.3) is 0 Å². The second-order valence-electron chi connectivity index (χ2n) is 7.07. The summed E-state index contributed by atoms with van der Waals surface area (Å²) in [6.07, 6.45) is 4.64. The lowest BCUT2D eigenvalue weighted by atomic mass is 10.2. The molecular weight excluding hydrogens is 458 g/mol. The summed E-state index contributed by atoms with van der Waals surface area (Å²) in [4.78, 5) is 30.7. The van der Waals surface area contributed by atoms with Gasteiger partial charge in [0.05, 0.1) is 24.1 Å². The average molecular weight is 478 g/mol. The number of para-hydroxylation sites is 1. The van der Waals surface area contributed by atoms with Crippen molar-refractivity contribution in [1.29, 1.82) is 0 Å². The maximum atomic E-state index is 12.5. The second kappa shape index (κ2) is 10.2. The summed E-state index contributed by atoms with van der Waals surface area (Å²) in [6, 6.07) is 18.5. The van der Waals surface area contributed by atoms with E-state index in [-0.39, 0.29) is 11.8 Å². The van der Waals surface area contributed by atoms with Gasteiger partial charge < -0.3 is 5.32 Å². The summed E-state index contributed by atoms with van der Waals surface area (Å²) in [5.74, 6) is 0.122. The number of halogens is 1. The maximum Gasteiger partial charge on any atom is 0.249 e. The average Bonchev–Trinajstić information content (AvgIpc) is 3.44. The number of carbonyl (C=O) groups excluding carboxylic acids is 2. The molecule has 2 heterocycles. The molecule has 0 unspecified atom stereocenters. The zero-order valence-corrected chi connectivity index (χ0v) is 19.3. The van der Waals surface area contributed by atoms with E-state index < -0.39 is 0 Å². The molecule has 7 nitrogen and oxygen atoms in total. The minimum absolute atomic E-state index is 0.141. The summed E-state index contributed by atoms with van der Waals surface area (Å²) in [6.45, 7) is 1.99. The van der Waals surface area contributed by atoms with Crippen LogP contribution in [-0.2, 0) is 16.1 Å². The van der Waals surface area contributed by atoms with E-state index in [4.69, 9.17) is 11.6 Å². The van der Waals surface area contributed by atoms with E-state index >= 15 is 0 Å². The maximum absolute atomic E-state index is 12.5. The molecule has 0 spiro atoms. The molecule has 2 aromatic carbocycles. The van der Waals surface area contributed by atoms with Gasteiger partial charge in [0.1, 0.15) is 5.82 Å². The molecule has 0 saturated heterocycles. The predicted octanol–water partition coefficient (Wildman–Crippen LogP) is 5.38. The Morgan fingerprint density at radius 2 is 1.88 bits per heavy atom. The number of nitrogens with one attached hydrogen (secondary N) is 1. The molecule has 0 bridgehead atoms. The van der Waals surface area contributed by atoms with Crippen LogP contribution in [0.4, 0.5) is 16.6 Å². The normalized spacial score (nSPS) is 11.0. The first-order valence-corrected chi connectivity index (χ1v) is 11.3. The molecular formula is C24H20ClN5O2S. The van der Waals surface area contributed by atoms with Crippen molar-refractivity contribution in [3.63, 3.8) is 0 Å². The number of carbonyl (C=O) groups is 2. The molecule has 0 fully saturated rings. The van der Waals surface area contributed by atoms with Crippen LogP contribution in [0, 0.1) is 0 Å². The van der Waals surface area contributed by atoms with Gasteiger partial charge >= 0.3 is 0 Å². The fourth-order valence-electron chi connectivity index (χ4n) is 3.12. The summed E-state index contributed by atoms with van der Waals surface area (Å²) in [7, 11) is 0. The van der Waals surface area contributed by atoms with Gasteiger partial charge in [-0.25, -0.2) is 9.67 Å². The van der Waals surface area contributed by atoms with Gasteiger partial charge in [0.2, 0.25) is 11.8 Å². The summed E-state index contributed by atoms with van der Waals surface area (Å²) in [5.41, 5.74) is 2.33. The smallest absolute Gasteiger partial charge is 0.249 e. The highest BCUT2D eigenvalue weighted by Gasteiger charge is 2.17. The van der Waals surface area contributed by atoms with Crippen molar-refractivity contribution in [3.05, 3.63) is 94.6 Å². The molecule has 0 aliphatic carbocycles. The van der Waals surface area contributed by atoms with E-state index in [1.165, 1.54) is 29.2 Å². The molecule has 0 saturated carbocycles. The quantitative estimate of drug-likeness (QED) is 0.362. The fourth-order valence-corrected chi connectivity index (χ4v) is 4.10. The predicted molar refractivity (Wildman–Crippen MR) is 132 cm³/mol. The Kier molecular flexibility index (Phi) is 6.97. The van der Waals surface area contributed by atoms with Crippen molar-refractivity contribution < 1.29 is 9.59 Å². The van der Waals surface area contributed by atoms with Crippen molar-refractivity contribution in [3.8, 4) is 0 Å². The van der Waals surface area contributed by atoms with E-state index in [2.05, 4.69) is 15.4 Å². The highest BCUT2D eigenvalue weighted by molar-refractivity contribution is 7.14. The third kappa shape index (κ3) is 5.74. The number of nitrogens with zero attached hydrogens (tertiary/aromatic N) is 4. The molecule has 2 aromatic heterocycles. The lowest BCUT2D eigenvalue weighted by Gasteiger charge is -2.17. The van der Waals surface area contributed by atoms with Crippen LogP contribution in [0.15, 0.2) is 78.3 Å². The first-order chi connectivity index (χ1) is 16.0. The Morgan fingerprint density at radius 3 is 2.61 bits per heavy atom. The van der Waals surface area contributed by atoms with Crippen LogP contribution in [0.3, 0.4) is 0 Å². The van der Waals surface area contributed by atoms with Crippen LogP contribution in [0.1, 0.15) is 18.2 Å².